The molecule has 2 N–H and O–H groups in total. The van der Waals surface area contributed by atoms with Crippen molar-refractivity contribution in [2.75, 3.05) is 25.4 Å². The van der Waals surface area contributed by atoms with Crippen LogP contribution >= 0.6 is 23.1 Å². The summed E-state index contributed by atoms with van der Waals surface area (Å²) < 4.78 is 1.37. The van der Waals surface area contributed by atoms with E-state index in [2.05, 4.69) is 53.2 Å². The monoisotopic (exact) mass is 292 g/mol. The Morgan fingerprint density at radius 1 is 1.42 bits per heavy atom. The van der Waals surface area contributed by atoms with Gasteiger partial charge in [-0.05, 0) is 22.4 Å². The van der Waals surface area contributed by atoms with E-state index < -0.39 is 0 Å². The molecule has 1 saturated heterocycles. The van der Waals surface area contributed by atoms with Gasteiger partial charge in [-0.25, -0.2) is 0 Å². The molecule has 1 aromatic heterocycles. The van der Waals surface area contributed by atoms with Gasteiger partial charge in [-0.15, -0.1) is 11.3 Å². The van der Waals surface area contributed by atoms with E-state index >= 15 is 0 Å². The maximum absolute atomic E-state index is 6.09. The number of fused-ring (bicyclic) bond motifs is 1. The Balaban J connectivity index is 1.93. The van der Waals surface area contributed by atoms with E-state index in [4.69, 9.17) is 5.73 Å². The maximum atomic E-state index is 6.09. The van der Waals surface area contributed by atoms with Crippen molar-refractivity contribution in [3.63, 3.8) is 0 Å². The van der Waals surface area contributed by atoms with Gasteiger partial charge in [0.15, 0.2) is 0 Å². The molecule has 2 atom stereocenters. The third kappa shape index (κ3) is 2.68. The molecule has 0 amide bonds. The van der Waals surface area contributed by atoms with Gasteiger partial charge in [0.2, 0.25) is 0 Å². The highest BCUT2D eigenvalue weighted by molar-refractivity contribution is 7.99. The molecule has 2 aromatic rings. The minimum atomic E-state index is 0.375. The third-order valence-corrected chi connectivity index (χ3v) is 5.92. The van der Waals surface area contributed by atoms with Gasteiger partial charge in [0.05, 0.1) is 0 Å². The van der Waals surface area contributed by atoms with Crippen LogP contribution in [-0.2, 0) is 0 Å². The van der Waals surface area contributed by atoms with Crippen LogP contribution < -0.4 is 5.73 Å². The van der Waals surface area contributed by atoms with Gasteiger partial charge in [-0.1, -0.05) is 25.1 Å². The second-order valence-electron chi connectivity index (χ2n) is 5.12. The van der Waals surface area contributed by atoms with Crippen molar-refractivity contribution in [1.82, 2.24) is 4.90 Å². The zero-order valence-electron chi connectivity index (χ0n) is 11.2. The molecular weight excluding hydrogens is 272 g/mol. The van der Waals surface area contributed by atoms with E-state index in [1.807, 2.05) is 11.3 Å². The molecule has 0 spiro atoms. The largest absolute Gasteiger partial charge is 0.329 e. The number of hydrogen-bond acceptors (Lipinski definition) is 4. The fraction of sp³-hybridized carbons (Fsp3) is 0.467. The van der Waals surface area contributed by atoms with Crippen molar-refractivity contribution in [3.8, 4) is 0 Å². The Hall–Kier alpha value is -0.550. The molecule has 102 valence electrons. The summed E-state index contributed by atoms with van der Waals surface area (Å²) in [4.78, 5) is 2.57. The van der Waals surface area contributed by atoms with Crippen LogP contribution in [0.2, 0.25) is 0 Å². The Morgan fingerprint density at radius 2 is 2.26 bits per heavy atom. The Morgan fingerprint density at radius 3 is 3.05 bits per heavy atom. The molecule has 0 aliphatic carbocycles. The lowest BCUT2D eigenvalue weighted by Gasteiger charge is -2.36. The summed E-state index contributed by atoms with van der Waals surface area (Å²) in [6, 6.07) is 9.04. The normalized spacial score (nSPS) is 22.7. The number of nitrogens with zero attached hydrogens (tertiary/aromatic N) is 1. The zero-order chi connectivity index (χ0) is 13.2. The first-order valence-corrected chi connectivity index (χ1v) is 8.74. The topological polar surface area (TPSA) is 29.3 Å². The molecule has 2 unspecified atom stereocenters. The number of thiophene rings is 1. The summed E-state index contributed by atoms with van der Waals surface area (Å²) in [5, 5.41) is 4.40. The summed E-state index contributed by atoms with van der Waals surface area (Å²) in [6.45, 7) is 5.33. The summed E-state index contributed by atoms with van der Waals surface area (Å²) in [7, 11) is 0. The third-order valence-electron chi connectivity index (χ3n) is 3.81. The summed E-state index contributed by atoms with van der Waals surface area (Å²) in [6.07, 6.45) is 0. The van der Waals surface area contributed by atoms with Crippen LogP contribution in [0.25, 0.3) is 10.1 Å². The molecule has 2 heterocycles. The number of thioether (sulfide) groups is 1. The minimum absolute atomic E-state index is 0.375. The first kappa shape index (κ1) is 13.4. The second kappa shape index (κ2) is 5.83. The summed E-state index contributed by atoms with van der Waals surface area (Å²) in [5.41, 5.74) is 7.51. The average molecular weight is 292 g/mol. The Kier molecular flexibility index (Phi) is 4.12. The first-order valence-electron chi connectivity index (χ1n) is 6.81. The molecule has 0 radical (unpaired) electrons. The van der Waals surface area contributed by atoms with Crippen molar-refractivity contribution >= 4 is 33.2 Å². The number of hydrogen-bond donors (Lipinski definition) is 1. The average Bonchev–Trinajstić information content (AvgIpc) is 2.84. The SMILES string of the molecule is CC1CN(C(CN)c2csc3ccccc23)CCS1. The lowest BCUT2D eigenvalue weighted by Crippen LogP contribution is -2.42. The van der Waals surface area contributed by atoms with Crippen molar-refractivity contribution in [2.24, 2.45) is 5.73 Å². The fourth-order valence-electron chi connectivity index (χ4n) is 2.86. The van der Waals surface area contributed by atoms with Crippen molar-refractivity contribution < 1.29 is 0 Å². The van der Waals surface area contributed by atoms with Crippen LogP contribution in [0.3, 0.4) is 0 Å². The van der Waals surface area contributed by atoms with Crippen molar-refractivity contribution in [3.05, 3.63) is 35.2 Å². The number of benzene rings is 1. The quantitative estimate of drug-likeness (QED) is 0.941. The molecule has 1 fully saturated rings. The number of nitrogens with two attached hydrogens (primary N) is 1. The second-order valence-corrected chi connectivity index (χ2v) is 7.57. The van der Waals surface area contributed by atoms with Crippen LogP contribution in [0.4, 0.5) is 0 Å². The van der Waals surface area contributed by atoms with Gasteiger partial charge >= 0.3 is 0 Å². The van der Waals surface area contributed by atoms with E-state index in [1.54, 1.807) is 0 Å². The molecule has 0 bridgehead atoms. The van der Waals surface area contributed by atoms with E-state index in [0.29, 0.717) is 17.8 Å². The van der Waals surface area contributed by atoms with Gasteiger partial charge in [-0.3, -0.25) is 4.90 Å². The molecule has 0 saturated carbocycles. The Bertz CT molecular complexity index is 552. The molecule has 2 nitrogen and oxygen atoms in total. The molecule has 19 heavy (non-hydrogen) atoms. The standard InChI is InChI=1S/C15H20N2S2/c1-11-9-17(6-7-18-11)14(8-16)13-10-19-15-5-3-2-4-12(13)15/h2-5,10-11,14H,6-9,16H2,1H3. The highest BCUT2D eigenvalue weighted by Crippen LogP contribution is 2.34. The predicted octanol–water partition coefficient (Wildman–Crippen LogP) is 3.34. The maximum Gasteiger partial charge on any atom is 0.0485 e. The van der Waals surface area contributed by atoms with Crippen LogP contribution in [-0.4, -0.2) is 35.5 Å². The highest BCUT2D eigenvalue weighted by Gasteiger charge is 2.26. The first-order chi connectivity index (χ1) is 9.29. The van der Waals surface area contributed by atoms with E-state index in [9.17, 15) is 0 Å². The Labute approximate surface area is 123 Å². The van der Waals surface area contributed by atoms with Gasteiger partial charge < -0.3 is 5.73 Å². The predicted molar refractivity (Wildman–Crippen MR) is 87.1 cm³/mol. The molecular formula is C15H20N2S2. The van der Waals surface area contributed by atoms with E-state index in [1.165, 1.54) is 21.4 Å². The number of rotatable bonds is 3. The highest BCUT2D eigenvalue weighted by atomic mass is 32.2. The van der Waals surface area contributed by atoms with Crippen LogP contribution in [0.1, 0.15) is 18.5 Å². The summed E-state index contributed by atoms with van der Waals surface area (Å²) in [5.74, 6) is 1.22. The molecule has 1 aliphatic rings. The lowest BCUT2D eigenvalue weighted by atomic mass is 10.0. The van der Waals surface area contributed by atoms with Crippen LogP contribution in [0.5, 0.6) is 0 Å². The van der Waals surface area contributed by atoms with Gasteiger partial charge in [0, 0.05) is 41.4 Å². The van der Waals surface area contributed by atoms with Gasteiger partial charge in [-0.2, -0.15) is 11.8 Å². The van der Waals surface area contributed by atoms with E-state index in [0.717, 1.165) is 13.1 Å². The van der Waals surface area contributed by atoms with Gasteiger partial charge in [0.1, 0.15) is 0 Å². The molecule has 1 aromatic carbocycles. The lowest BCUT2D eigenvalue weighted by molar-refractivity contribution is 0.212. The molecule has 1 aliphatic heterocycles. The van der Waals surface area contributed by atoms with E-state index in [-0.39, 0.29) is 0 Å². The smallest absolute Gasteiger partial charge is 0.0485 e. The fourth-order valence-corrected chi connectivity index (χ4v) is 4.90. The zero-order valence-corrected chi connectivity index (χ0v) is 12.8. The minimum Gasteiger partial charge on any atom is -0.329 e. The van der Waals surface area contributed by atoms with Gasteiger partial charge in [0.25, 0.3) is 0 Å². The molecule has 3 rings (SSSR count). The van der Waals surface area contributed by atoms with Crippen LogP contribution in [0.15, 0.2) is 29.6 Å². The van der Waals surface area contributed by atoms with Crippen molar-refractivity contribution in [1.29, 1.82) is 0 Å². The summed E-state index contributed by atoms with van der Waals surface area (Å²) >= 11 is 3.91. The van der Waals surface area contributed by atoms with Crippen LogP contribution in [0, 0.1) is 0 Å². The molecule has 4 heteroatoms. The van der Waals surface area contributed by atoms with Crippen molar-refractivity contribution in [2.45, 2.75) is 18.2 Å².